The predicted octanol–water partition coefficient (Wildman–Crippen LogP) is 5.70. The van der Waals surface area contributed by atoms with Crippen molar-refractivity contribution in [2.75, 3.05) is 6.61 Å². The summed E-state index contributed by atoms with van der Waals surface area (Å²) in [6.07, 6.45) is 2.82. The highest BCUT2D eigenvalue weighted by Crippen LogP contribution is 2.22. The molecule has 0 amide bonds. The third-order valence-electron chi connectivity index (χ3n) is 3.72. The lowest BCUT2D eigenvalue weighted by atomic mass is 10.1. The van der Waals surface area contributed by atoms with Crippen molar-refractivity contribution in [2.45, 2.75) is 32.8 Å². The van der Waals surface area contributed by atoms with Gasteiger partial charge in [-0.3, -0.25) is 0 Å². The topological polar surface area (TPSA) is 52.6 Å². The van der Waals surface area contributed by atoms with Gasteiger partial charge in [0.25, 0.3) is 0 Å². The second kappa shape index (κ2) is 10.2. The zero-order valence-electron chi connectivity index (χ0n) is 14.5. The molecule has 0 aliphatic rings. The lowest BCUT2D eigenvalue weighted by molar-refractivity contribution is 0.0436. The molecular weight excluding hydrogens is 375 g/mol. The van der Waals surface area contributed by atoms with E-state index in [1.54, 1.807) is 36.4 Å². The zero-order valence-corrected chi connectivity index (χ0v) is 16.0. The maximum atomic E-state index is 12.4. The average molecular weight is 395 g/mol. The van der Waals surface area contributed by atoms with Crippen LogP contribution in [0.2, 0.25) is 10.0 Å². The van der Waals surface area contributed by atoms with Gasteiger partial charge in [-0.1, -0.05) is 61.2 Å². The molecule has 0 radical (unpaired) electrons. The molecule has 0 aromatic heterocycles. The van der Waals surface area contributed by atoms with Crippen molar-refractivity contribution >= 4 is 35.1 Å². The van der Waals surface area contributed by atoms with Crippen LogP contribution in [0.4, 0.5) is 0 Å². The number of carbonyl (C=O) groups excluding carboxylic acids is 2. The van der Waals surface area contributed by atoms with E-state index < -0.39 is 11.9 Å². The van der Waals surface area contributed by atoms with Crippen LogP contribution in [0.5, 0.6) is 0 Å². The molecule has 0 atom stereocenters. The molecule has 26 heavy (non-hydrogen) atoms. The van der Waals surface area contributed by atoms with E-state index in [0.717, 1.165) is 19.3 Å². The van der Waals surface area contributed by atoms with Gasteiger partial charge >= 0.3 is 11.9 Å². The van der Waals surface area contributed by atoms with E-state index >= 15 is 0 Å². The van der Waals surface area contributed by atoms with Gasteiger partial charge < -0.3 is 9.47 Å². The molecule has 2 aromatic carbocycles. The fourth-order valence-corrected chi connectivity index (χ4v) is 2.76. The number of halogens is 2. The summed E-state index contributed by atoms with van der Waals surface area (Å²) in [6, 6.07) is 11.4. The SMILES string of the molecule is CCCCCOC(=O)c1ccccc1C(=O)OCc1ccc(Cl)cc1Cl. The van der Waals surface area contributed by atoms with Crippen LogP contribution in [0.15, 0.2) is 42.5 Å². The van der Waals surface area contributed by atoms with Gasteiger partial charge in [0.2, 0.25) is 0 Å². The van der Waals surface area contributed by atoms with E-state index in [0.29, 0.717) is 22.2 Å². The van der Waals surface area contributed by atoms with Crippen molar-refractivity contribution in [2.24, 2.45) is 0 Å². The Morgan fingerprint density at radius 1 is 0.923 bits per heavy atom. The zero-order chi connectivity index (χ0) is 18.9. The third kappa shape index (κ3) is 5.75. The Kier molecular flexibility index (Phi) is 7.95. The predicted molar refractivity (Wildman–Crippen MR) is 102 cm³/mol. The van der Waals surface area contributed by atoms with E-state index in [9.17, 15) is 9.59 Å². The molecule has 0 fully saturated rings. The van der Waals surface area contributed by atoms with Crippen molar-refractivity contribution in [1.29, 1.82) is 0 Å². The molecule has 138 valence electrons. The van der Waals surface area contributed by atoms with Gasteiger partial charge in [0.1, 0.15) is 6.61 Å². The van der Waals surface area contributed by atoms with Crippen molar-refractivity contribution in [1.82, 2.24) is 0 Å². The van der Waals surface area contributed by atoms with Gasteiger partial charge in [-0.25, -0.2) is 9.59 Å². The number of hydrogen-bond acceptors (Lipinski definition) is 4. The van der Waals surface area contributed by atoms with Crippen molar-refractivity contribution in [3.63, 3.8) is 0 Å². The van der Waals surface area contributed by atoms with Crippen LogP contribution in [0, 0.1) is 0 Å². The minimum Gasteiger partial charge on any atom is -0.462 e. The first-order valence-corrected chi connectivity index (χ1v) is 9.15. The molecule has 0 N–H and O–H groups in total. The molecule has 0 spiro atoms. The highest BCUT2D eigenvalue weighted by molar-refractivity contribution is 6.35. The van der Waals surface area contributed by atoms with Crippen LogP contribution in [0.3, 0.4) is 0 Å². The summed E-state index contributed by atoms with van der Waals surface area (Å²) in [4.78, 5) is 24.6. The molecule has 2 rings (SSSR count). The number of carbonyl (C=O) groups is 2. The summed E-state index contributed by atoms with van der Waals surface area (Å²) in [6.45, 7) is 2.38. The van der Waals surface area contributed by atoms with Gasteiger partial charge in [-0.05, 0) is 30.7 Å². The first-order chi connectivity index (χ1) is 12.5. The van der Waals surface area contributed by atoms with Crippen LogP contribution < -0.4 is 0 Å². The highest BCUT2D eigenvalue weighted by Gasteiger charge is 2.19. The van der Waals surface area contributed by atoms with Crippen LogP contribution in [0.1, 0.15) is 52.5 Å². The number of unbranched alkanes of at least 4 members (excludes halogenated alkanes) is 2. The van der Waals surface area contributed by atoms with Gasteiger partial charge in [0, 0.05) is 15.6 Å². The fourth-order valence-electron chi connectivity index (χ4n) is 2.29. The Morgan fingerprint density at radius 3 is 2.19 bits per heavy atom. The first kappa shape index (κ1) is 20.3. The molecule has 0 aliphatic heterocycles. The third-order valence-corrected chi connectivity index (χ3v) is 4.31. The summed E-state index contributed by atoms with van der Waals surface area (Å²) in [7, 11) is 0. The quantitative estimate of drug-likeness (QED) is 0.425. The Hall–Kier alpha value is -2.04. The molecule has 0 aliphatic carbocycles. The summed E-state index contributed by atoms with van der Waals surface area (Å²) >= 11 is 11.9. The van der Waals surface area contributed by atoms with Gasteiger partial charge in [0.15, 0.2) is 0 Å². The second-order valence-electron chi connectivity index (χ2n) is 5.70. The van der Waals surface area contributed by atoms with E-state index in [1.807, 2.05) is 0 Å². The number of hydrogen-bond donors (Lipinski definition) is 0. The molecule has 2 aromatic rings. The monoisotopic (exact) mass is 394 g/mol. The first-order valence-electron chi connectivity index (χ1n) is 8.40. The minimum absolute atomic E-state index is 0.0191. The van der Waals surface area contributed by atoms with E-state index in [2.05, 4.69) is 6.92 Å². The standard InChI is InChI=1S/C20H20Cl2O4/c1-2-3-6-11-25-19(23)16-7-4-5-8-17(16)20(24)26-13-14-9-10-15(21)12-18(14)22/h4-5,7-10,12H,2-3,6,11,13H2,1H3. The Balaban J connectivity index is 2.03. The summed E-state index contributed by atoms with van der Waals surface area (Å²) < 4.78 is 10.5. The average Bonchev–Trinajstić information content (AvgIpc) is 2.64. The van der Waals surface area contributed by atoms with E-state index in [-0.39, 0.29) is 17.7 Å². The molecule has 0 saturated heterocycles. The smallest absolute Gasteiger partial charge is 0.339 e. The Labute approximate surface area is 163 Å². The summed E-state index contributed by atoms with van der Waals surface area (Å²) in [5.41, 5.74) is 0.985. The fraction of sp³-hybridized carbons (Fsp3) is 0.300. The number of rotatable bonds is 8. The maximum absolute atomic E-state index is 12.4. The summed E-state index contributed by atoms with van der Waals surface area (Å²) in [5.74, 6) is -1.14. The van der Waals surface area contributed by atoms with Crippen LogP contribution in [0.25, 0.3) is 0 Å². The largest absolute Gasteiger partial charge is 0.462 e. The van der Waals surface area contributed by atoms with Crippen molar-refractivity contribution < 1.29 is 19.1 Å². The van der Waals surface area contributed by atoms with E-state index in [1.165, 1.54) is 6.07 Å². The van der Waals surface area contributed by atoms with Crippen LogP contribution in [-0.4, -0.2) is 18.5 Å². The molecule has 0 heterocycles. The van der Waals surface area contributed by atoms with Gasteiger partial charge in [-0.15, -0.1) is 0 Å². The van der Waals surface area contributed by atoms with Crippen LogP contribution >= 0.6 is 23.2 Å². The lowest BCUT2D eigenvalue weighted by Crippen LogP contribution is -2.14. The minimum atomic E-state index is -0.614. The number of benzene rings is 2. The lowest BCUT2D eigenvalue weighted by Gasteiger charge is -2.10. The molecule has 0 saturated carbocycles. The van der Waals surface area contributed by atoms with Gasteiger partial charge in [-0.2, -0.15) is 0 Å². The molecular formula is C20H20Cl2O4. The molecule has 0 unspecified atom stereocenters. The molecule has 0 bridgehead atoms. The highest BCUT2D eigenvalue weighted by atomic mass is 35.5. The van der Waals surface area contributed by atoms with Crippen LogP contribution in [-0.2, 0) is 16.1 Å². The normalized spacial score (nSPS) is 10.4. The molecule has 6 heteroatoms. The molecule has 4 nitrogen and oxygen atoms in total. The maximum Gasteiger partial charge on any atom is 0.339 e. The summed E-state index contributed by atoms with van der Waals surface area (Å²) in [5, 5.41) is 0.912. The Bertz CT molecular complexity index is 774. The number of ether oxygens (including phenoxy) is 2. The van der Waals surface area contributed by atoms with Gasteiger partial charge in [0.05, 0.1) is 17.7 Å². The van der Waals surface area contributed by atoms with E-state index in [4.69, 9.17) is 32.7 Å². The number of esters is 2. The van der Waals surface area contributed by atoms with Crippen molar-refractivity contribution in [3.05, 3.63) is 69.2 Å². The second-order valence-corrected chi connectivity index (χ2v) is 6.54. The Morgan fingerprint density at radius 2 is 1.58 bits per heavy atom. The van der Waals surface area contributed by atoms with Crippen molar-refractivity contribution in [3.8, 4) is 0 Å².